The average Bonchev–Trinajstić information content (AvgIpc) is 2.77. The lowest BCUT2D eigenvalue weighted by Gasteiger charge is -2.32. The molecule has 1 unspecified atom stereocenters. The molecule has 0 saturated carbocycles. The Morgan fingerprint density at radius 2 is 1.97 bits per heavy atom. The van der Waals surface area contributed by atoms with Crippen LogP contribution in [0.5, 0.6) is 11.5 Å². The molecule has 1 aliphatic heterocycles. The highest BCUT2D eigenvalue weighted by Crippen LogP contribution is 2.37. The van der Waals surface area contributed by atoms with E-state index in [0.717, 1.165) is 42.7 Å². The van der Waals surface area contributed by atoms with Crippen molar-refractivity contribution in [1.82, 2.24) is 9.97 Å². The van der Waals surface area contributed by atoms with Gasteiger partial charge in [0.05, 0.1) is 25.7 Å². The third-order valence-corrected chi connectivity index (χ3v) is 5.56. The van der Waals surface area contributed by atoms with E-state index in [1.165, 1.54) is 19.3 Å². The molecule has 1 fully saturated rings. The topological polar surface area (TPSA) is 96.8 Å². The van der Waals surface area contributed by atoms with Crippen molar-refractivity contribution >= 4 is 28.6 Å². The number of aliphatic carboxylic acids is 1. The van der Waals surface area contributed by atoms with Crippen LogP contribution in [0.3, 0.4) is 0 Å². The molecular formula is C22H32N4O4. The number of anilines is 2. The number of ether oxygens (including phenoxy) is 2. The minimum atomic E-state index is -0.758. The fourth-order valence-corrected chi connectivity index (χ4v) is 3.88. The molecular weight excluding hydrogens is 384 g/mol. The van der Waals surface area contributed by atoms with Crippen molar-refractivity contribution in [2.75, 3.05) is 44.1 Å². The van der Waals surface area contributed by atoms with Crippen molar-refractivity contribution in [2.24, 2.45) is 5.92 Å². The molecule has 0 amide bonds. The Balaban J connectivity index is 1.97. The van der Waals surface area contributed by atoms with Crippen LogP contribution in [0.15, 0.2) is 12.1 Å². The molecule has 0 bridgehead atoms. The van der Waals surface area contributed by atoms with Gasteiger partial charge in [0, 0.05) is 31.1 Å². The second kappa shape index (κ2) is 10.3. The summed E-state index contributed by atoms with van der Waals surface area (Å²) in [5.74, 6) is 1.34. The maximum atomic E-state index is 11.6. The lowest BCUT2D eigenvalue weighted by Crippen LogP contribution is -2.39. The first-order valence-electron chi connectivity index (χ1n) is 10.7. The molecule has 2 heterocycles. The third kappa shape index (κ3) is 5.04. The van der Waals surface area contributed by atoms with E-state index in [4.69, 9.17) is 14.5 Å². The van der Waals surface area contributed by atoms with Crippen LogP contribution in [0.25, 0.3) is 10.9 Å². The second-order valence-corrected chi connectivity index (χ2v) is 7.71. The van der Waals surface area contributed by atoms with E-state index in [-0.39, 0.29) is 0 Å². The van der Waals surface area contributed by atoms with Crippen LogP contribution in [0, 0.1) is 5.92 Å². The monoisotopic (exact) mass is 416 g/mol. The van der Waals surface area contributed by atoms with E-state index < -0.39 is 11.9 Å². The first-order valence-corrected chi connectivity index (χ1v) is 10.7. The second-order valence-electron chi connectivity index (χ2n) is 7.71. The lowest BCUT2D eigenvalue weighted by molar-refractivity contribution is -0.141. The van der Waals surface area contributed by atoms with Crippen LogP contribution in [0.4, 0.5) is 11.8 Å². The Hall–Kier alpha value is -2.77. The molecule has 8 nitrogen and oxygen atoms in total. The molecule has 0 aliphatic carbocycles. The summed E-state index contributed by atoms with van der Waals surface area (Å²) in [5.41, 5.74) is 0.742. The van der Waals surface area contributed by atoms with Crippen molar-refractivity contribution < 1.29 is 19.4 Å². The first-order chi connectivity index (χ1) is 14.6. The van der Waals surface area contributed by atoms with Gasteiger partial charge in [-0.05, 0) is 25.3 Å². The first kappa shape index (κ1) is 21.9. The summed E-state index contributed by atoms with van der Waals surface area (Å²) in [6, 6.07) is 3.72. The summed E-state index contributed by atoms with van der Waals surface area (Å²) >= 11 is 0. The molecule has 1 aliphatic rings. The number of nitrogens with one attached hydrogen (secondary N) is 1. The van der Waals surface area contributed by atoms with Crippen LogP contribution in [0.1, 0.15) is 45.4 Å². The van der Waals surface area contributed by atoms with E-state index in [0.29, 0.717) is 30.4 Å². The van der Waals surface area contributed by atoms with Crippen LogP contribution >= 0.6 is 0 Å². The van der Waals surface area contributed by atoms with Crippen molar-refractivity contribution in [3.05, 3.63) is 12.1 Å². The number of methoxy groups -OCH3 is 2. The molecule has 0 radical (unpaired) electrons. The Labute approximate surface area is 177 Å². The van der Waals surface area contributed by atoms with Crippen molar-refractivity contribution in [2.45, 2.75) is 45.4 Å². The van der Waals surface area contributed by atoms with E-state index in [1.54, 1.807) is 14.2 Å². The number of hydrogen-bond donors (Lipinski definition) is 2. The normalized spacial score (nSPS) is 16.5. The lowest BCUT2D eigenvalue weighted by atomic mass is 9.98. The van der Waals surface area contributed by atoms with E-state index >= 15 is 0 Å². The zero-order chi connectivity index (χ0) is 21.5. The van der Waals surface area contributed by atoms with Gasteiger partial charge in [-0.1, -0.05) is 26.2 Å². The highest BCUT2D eigenvalue weighted by molar-refractivity contribution is 5.93. The highest BCUT2D eigenvalue weighted by Gasteiger charge is 2.28. The summed E-state index contributed by atoms with van der Waals surface area (Å²) in [4.78, 5) is 23.1. The number of nitrogens with zero attached hydrogens (tertiary/aromatic N) is 3. The number of unbranched alkanes of at least 4 members (excludes halogenated alkanes) is 3. The van der Waals surface area contributed by atoms with Crippen LogP contribution < -0.4 is 19.7 Å². The van der Waals surface area contributed by atoms with Crippen molar-refractivity contribution in [3.63, 3.8) is 0 Å². The molecule has 1 aromatic heterocycles. The Morgan fingerprint density at radius 3 is 2.67 bits per heavy atom. The minimum Gasteiger partial charge on any atom is -0.493 e. The van der Waals surface area contributed by atoms with E-state index in [1.807, 2.05) is 12.1 Å². The standard InChI is InChI=1S/C22H32N4O4/c1-4-5-6-7-10-23-22-24-17-13-19(30-3)18(29-2)12-16(17)20(25-22)26-11-8-9-15(14-26)21(27)28/h12-13,15H,4-11,14H2,1-3H3,(H,27,28)(H,23,24,25). The highest BCUT2D eigenvalue weighted by atomic mass is 16.5. The number of piperidine rings is 1. The summed E-state index contributed by atoms with van der Waals surface area (Å²) < 4.78 is 10.9. The maximum Gasteiger partial charge on any atom is 0.308 e. The quantitative estimate of drug-likeness (QED) is 0.562. The average molecular weight is 417 g/mol. The zero-order valence-electron chi connectivity index (χ0n) is 18.1. The predicted octanol–water partition coefficient (Wildman–Crippen LogP) is 3.94. The van der Waals surface area contributed by atoms with Gasteiger partial charge < -0.3 is 24.8 Å². The third-order valence-electron chi connectivity index (χ3n) is 5.56. The van der Waals surface area contributed by atoms with Gasteiger partial charge in [-0.15, -0.1) is 0 Å². The van der Waals surface area contributed by atoms with Gasteiger partial charge in [-0.2, -0.15) is 4.98 Å². The number of rotatable bonds is 10. The molecule has 30 heavy (non-hydrogen) atoms. The van der Waals surface area contributed by atoms with Gasteiger partial charge in [0.25, 0.3) is 0 Å². The summed E-state index contributed by atoms with van der Waals surface area (Å²) in [7, 11) is 3.19. The number of fused-ring (bicyclic) bond motifs is 1. The van der Waals surface area contributed by atoms with Gasteiger partial charge in [-0.3, -0.25) is 4.79 Å². The van der Waals surface area contributed by atoms with Gasteiger partial charge in [0.2, 0.25) is 5.95 Å². The van der Waals surface area contributed by atoms with Crippen molar-refractivity contribution in [1.29, 1.82) is 0 Å². The number of hydrogen-bond acceptors (Lipinski definition) is 7. The molecule has 1 atom stereocenters. The molecule has 164 valence electrons. The number of carboxylic acid groups (broad SMARTS) is 1. The smallest absolute Gasteiger partial charge is 0.308 e. The molecule has 1 aromatic carbocycles. The van der Waals surface area contributed by atoms with Gasteiger partial charge in [-0.25, -0.2) is 4.98 Å². The molecule has 0 spiro atoms. The zero-order valence-corrected chi connectivity index (χ0v) is 18.1. The largest absolute Gasteiger partial charge is 0.493 e. The fraction of sp³-hybridized carbons (Fsp3) is 0.591. The molecule has 1 saturated heterocycles. The summed E-state index contributed by atoms with van der Waals surface area (Å²) in [5, 5.41) is 13.7. The molecule has 2 aromatic rings. The van der Waals surface area contributed by atoms with E-state index in [9.17, 15) is 9.90 Å². The van der Waals surface area contributed by atoms with Crippen LogP contribution in [0.2, 0.25) is 0 Å². The summed E-state index contributed by atoms with van der Waals surface area (Å²) in [6.07, 6.45) is 6.14. The number of benzene rings is 1. The fourth-order valence-electron chi connectivity index (χ4n) is 3.88. The molecule has 2 N–H and O–H groups in total. The molecule has 8 heteroatoms. The van der Waals surface area contributed by atoms with Gasteiger partial charge in [0.15, 0.2) is 11.5 Å². The Morgan fingerprint density at radius 1 is 1.20 bits per heavy atom. The minimum absolute atomic E-state index is 0.394. The van der Waals surface area contributed by atoms with Crippen LogP contribution in [-0.2, 0) is 4.79 Å². The van der Waals surface area contributed by atoms with Gasteiger partial charge >= 0.3 is 5.97 Å². The number of aromatic nitrogens is 2. The Bertz CT molecular complexity index is 874. The number of carbonyl (C=O) groups is 1. The predicted molar refractivity (Wildman–Crippen MR) is 118 cm³/mol. The Kier molecular flexibility index (Phi) is 7.54. The maximum absolute atomic E-state index is 11.6. The molecule has 3 rings (SSSR count). The van der Waals surface area contributed by atoms with Gasteiger partial charge in [0.1, 0.15) is 5.82 Å². The SMILES string of the molecule is CCCCCCNc1nc(N2CCCC(C(=O)O)C2)c2cc(OC)c(OC)cc2n1. The van der Waals surface area contributed by atoms with Crippen molar-refractivity contribution in [3.8, 4) is 11.5 Å². The van der Waals surface area contributed by atoms with Crippen LogP contribution in [-0.4, -0.2) is 54.9 Å². The summed E-state index contributed by atoms with van der Waals surface area (Å²) in [6.45, 7) is 4.19. The number of carboxylic acids is 1. The van der Waals surface area contributed by atoms with E-state index in [2.05, 4.69) is 22.1 Å².